The summed E-state index contributed by atoms with van der Waals surface area (Å²) in [5.74, 6) is 1.09. The lowest BCUT2D eigenvalue weighted by atomic mass is 10.1. The average Bonchev–Trinajstić information content (AvgIpc) is 2.55. The van der Waals surface area contributed by atoms with Gasteiger partial charge in [0.15, 0.2) is 11.5 Å². The molecule has 2 aromatic carbocycles. The number of hydrogen-bond donors (Lipinski definition) is 1. The minimum Gasteiger partial charge on any atom is -0.496 e. The molecule has 0 aromatic heterocycles. The molecule has 0 radical (unpaired) electrons. The molecule has 2 aromatic rings. The second-order valence-corrected chi connectivity index (χ2v) is 5.74. The van der Waals surface area contributed by atoms with Crippen LogP contribution >= 0.6 is 15.9 Å². The molecule has 0 aliphatic rings. The number of hydrogen-bond acceptors (Lipinski definition) is 4. The summed E-state index contributed by atoms with van der Waals surface area (Å²) in [5.41, 5.74) is 2.05. The number of benzene rings is 2. The molecule has 1 amide bonds. The van der Waals surface area contributed by atoms with E-state index in [1.54, 1.807) is 12.1 Å². The molecule has 5 nitrogen and oxygen atoms in total. The molecule has 0 fully saturated rings. The van der Waals surface area contributed by atoms with Crippen molar-refractivity contribution in [2.24, 2.45) is 0 Å². The molecule has 0 aliphatic carbocycles. The number of aryl methyl sites for hydroxylation is 1. The van der Waals surface area contributed by atoms with E-state index in [0.717, 1.165) is 15.7 Å². The largest absolute Gasteiger partial charge is 0.496 e. The van der Waals surface area contributed by atoms with E-state index >= 15 is 0 Å². The first-order valence-electron chi connectivity index (χ1n) is 6.87. The number of methoxy groups -OCH3 is 3. The molecule has 6 heteroatoms. The summed E-state index contributed by atoms with van der Waals surface area (Å²) >= 11 is 3.40. The summed E-state index contributed by atoms with van der Waals surface area (Å²) in [6, 6.07) is 8.86. The number of anilines is 1. The van der Waals surface area contributed by atoms with Gasteiger partial charge in [0.25, 0.3) is 5.91 Å². The Morgan fingerprint density at radius 2 is 1.57 bits per heavy atom. The maximum atomic E-state index is 12.6. The van der Waals surface area contributed by atoms with Gasteiger partial charge < -0.3 is 19.5 Å². The number of carbonyl (C=O) groups excluding carboxylic acids is 1. The molecule has 0 unspecified atom stereocenters. The Bertz CT molecular complexity index is 731. The fraction of sp³-hybridized carbons (Fsp3) is 0.235. The first kappa shape index (κ1) is 17.1. The van der Waals surface area contributed by atoms with E-state index in [2.05, 4.69) is 21.2 Å². The summed E-state index contributed by atoms with van der Waals surface area (Å²) in [5, 5.41) is 2.88. The zero-order valence-corrected chi connectivity index (χ0v) is 15.0. The van der Waals surface area contributed by atoms with Crippen LogP contribution in [-0.2, 0) is 0 Å². The van der Waals surface area contributed by atoms with Gasteiger partial charge in [-0.15, -0.1) is 0 Å². The maximum Gasteiger partial charge on any atom is 0.259 e. The van der Waals surface area contributed by atoms with E-state index in [1.807, 2.05) is 25.1 Å². The number of amides is 1. The molecule has 0 atom stereocenters. The van der Waals surface area contributed by atoms with Crippen molar-refractivity contribution in [1.29, 1.82) is 0 Å². The highest BCUT2D eigenvalue weighted by atomic mass is 79.9. The minimum atomic E-state index is -0.284. The third kappa shape index (κ3) is 3.76. The molecule has 0 aliphatic heterocycles. The minimum absolute atomic E-state index is 0.284. The van der Waals surface area contributed by atoms with E-state index < -0.39 is 0 Å². The number of carbonyl (C=O) groups is 1. The monoisotopic (exact) mass is 379 g/mol. The van der Waals surface area contributed by atoms with Gasteiger partial charge in [-0.05, 0) is 30.7 Å². The molecule has 1 N–H and O–H groups in total. The van der Waals surface area contributed by atoms with Crippen LogP contribution in [0.4, 0.5) is 5.69 Å². The number of halogens is 1. The second-order valence-electron chi connectivity index (χ2n) is 4.82. The zero-order chi connectivity index (χ0) is 17.0. The van der Waals surface area contributed by atoms with E-state index in [0.29, 0.717) is 22.8 Å². The lowest BCUT2D eigenvalue weighted by Crippen LogP contribution is -2.14. The van der Waals surface area contributed by atoms with Gasteiger partial charge in [-0.1, -0.05) is 15.9 Å². The van der Waals surface area contributed by atoms with Crippen LogP contribution in [0.3, 0.4) is 0 Å². The Labute approximate surface area is 143 Å². The Kier molecular flexibility index (Phi) is 5.50. The molecule has 0 spiro atoms. The first-order valence-corrected chi connectivity index (χ1v) is 7.67. The maximum absolute atomic E-state index is 12.6. The van der Waals surface area contributed by atoms with Gasteiger partial charge >= 0.3 is 0 Å². The SMILES string of the molecule is COc1cc(OC)c(C(=O)Nc2ccc(Br)cc2C)cc1OC. The van der Waals surface area contributed by atoms with Crippen LogP contribution < -0.4 is 19.5 Å². The molecular formula is C17H18BrNO4. The van der Waals surface area contributed by atoms with Crippen LogP contribution in [0.2, 0.25) is 0 Å². The predicted octanol–water partition coefficient (Wildman–Crippen LogP) is 4.04. The summed E-state index contributed by atoms with van der Waals surface area (Å²) in [4.78, 5) is 12.6. The van der Waals surface area contributed by atoms with Crippen molar-refractivity contribution in [2.75, 3.05) is 26.6 Å². The molecule has 0 saturated carbocycles. The van der Waals surface area contributed by atoms with Gasteiger partial charge in [-0.25, -0.2) is 0 Å². The normalized spacial score (nSPS) is 10.1. The van der Waals surface area contributed by atoms with E-state index in [1.165, 1.54) is 21.3 Å². The van der Waals surface area contributed by atoms with Crippen LogP contribution in [0.1, 0.15) is 15.9 Å². The number of rotatable bonds is 5. The smallest absolute Gasteiger partial charge is 0.259 e. The fourth-order valence-corrected chi connectivity index (χ4v) is 2.64. The first-order chi connectivity index (χ1) is 11.0. The second kappa shape index (κ2) is 7.37. The number of nitrogens with one attached hydrogen (secondary N) is 1. The lowest BCUT2D eigenvalue weighted by Gasteiger charge is -2.15. The molecular weight excluding hydrogens is 362 g/mol. The van der Waals surface area contributed by atoms with Crippen LogP contribution in [0.15, 0.2) is 34.8 Å². The highest BCUT2D eigenvalue weighted by molar-refractivity contribution is 9.10. The molecule has 23 heavy (non-hydrogen) atoms. The Morgan fingerprint density at radius 3 is 2.13 bits per heavy atom. The third-order valence-electron chi connectivity index (χ3n) is 3.39. The van der Waals surface area contributed by atoms with Crippen LogP contribution in [0, 0.1) is 6.92 Å². The van der Waals surface area contributed by atoms with Crippen molar-refractivity contribution in [3.63, 3.8) is 0 Å². The lowest BCUT2D eigenvalue weighted by molar-refractivity contribution is 0.102. The highest BCUT2D eigenvalue weighted by Gasteiger charge is 2.18. The van der Waals surface area contributed by atoms with Crippen molar-refractivity contribution in [3.05, 3.63) is 45.9 Å². The van der Waals surface area contributed by atoms with Gasteiger partial charge in [0, 0.05) is 22.3 Å². The van der Waals surface area contributed by atoms with Gasteiger partial charge in [0.05, 0.1) is 26.9 Å². The summed E-state index contributed by atoms with van der Waals surface area (Å²) in [6.45, 7) is 1.92. The van der Waals surface area contributed by atoms with Crippen molar-refractivity contribution >= 4 is 27.5 Å². The van der Waals surface area contributed by atoms with Gasteiger partial charge in [0.1, 0.15) is 5.75 Å². The standard InChI is InChI=1S/C17H18BrNO4/c1-10-7-11(18)5-6-13(10)19-17(20)12-8-15(22-3)16(23-4)9-14(12)21-2/h5-9H,1-4H3,(H,19,20). The Morgan fingerprint density at radius 1 is 0.957 bits per heavy atom. The van der Waals surface area contributed by atoms with Crippen LogP contribution in [0.5, 0.6) is 17.2 Å². The number of ether oxygens (including phenoxy) is 3. The Hall–Kier alpha value is -2.21. The fourth-order valence-electron chi connectivity index (χ4n) is 2.16. The van der Waals surface area contributed by atoms with Gasteiger partial charge in [0.2, 0.25) is 0 Å². The van der Waals surface area contributed by atoms with Crippen molar-refractivity contribution in [1.82, 2.24) is 0 Å². The van der Waals surface area contributed by atoms with Crippen molar-refractivity contribution in [2.45, 2.75) is 6.92 Å². The molecule has 0 saturated heterocycles. The average molecular weight is 380 g/mol. The van der Waals surface area contributed by atoms with Crippen LogP contribution in [0.25, 0.3) is 0 Å². The van der Waals surface area contributed by atoms with E-state index in [9.17, 15) is 4.79 Å². The molecule has 122 valence electrons. The van der Waals surface area contributed by atoms with Gasteiger partial charge in [-0.3, -0.25) is 4.79 Å². The molecule has 2 rings (SSSR count). The quantitative estimate of drug-likeness (QED) is 0.851. The zero-order valence-electron chi connectivity index (χ0n) is 13.4. The molecule has 0 heterocycles. The van der Waals surface area contributed by atoms with Gasteiger partial charge in [-0.2, -0.15) is 0 Å². The summed E-state index contributed by atoms with van der Waals surface area (Å²) in [6.07, 6.45) is 0. The van der Waals surface area contributed by atoms with E-state index in [-0.39, 0.29) is 5.91 Å². The topological polar surface area (TPSA) is 56.8 Å². The predicted molar refractivity (Wildman–Crippen MR) is 92.9 cm³/mol. The third-order valence-corrected chi connectivity index (χ3v) is 3.88. The van der Waals surface area contributed by atoms with Crippen molar-refractivity contribution in [3.8, 4) is 17.2 Å². The summed E-state index contributed by atoms with van der Waals surface area (Å²) in [7, 11) is 4.55. The van der Waals surface area contributed by atoms with Crippen molar-refractivity contribution < 1.29 is 19.0 Å². The Balaban J connectivity index is 2.38. The molecule has 0 bridgehead atoms. The van der Waals surface area contributed by atoms with Crippen LogP contribution in [-0.4, -0.2) is 27.2 Å². The summed E-state index contributed by atoms with van der Waals surface area (Å²) < 4.78 is 16.7. The van der Waals surface area contributed by atoms with E-state index in [4.69, 9.17) is 14.2 Å². The highest BCUT2D eigenvalue weighted by Crippen LogP contribution is 2.35.